The fourth-order valence-corrected chi connectivity index (χ4v) is 4.07. The molecule has 1 aromatic heterocycles. The van der Waals surface area contributed by atoms with Crippen LogP contribution in [-0.4, -0.2) is 45.3 Å². The molecule has 5 nitrogen and oxygen atoms in total. The Hall–Kier alpha value is -1.78. The third-order valence-corrected chi connectivity index (χ3v) is 6.03. The van der Waals surface area contributed by atoms with E-state index in [2.05, 4.69) is 17.6 Å². The van der Waals surface area contributed by atoms with Crippen LogP contribution in [0, 0.1) is 5.92 Å². The van der Waals surface area contributed by atoms with E-state index in [-0.39, 0.29) is 24.4 Å². The molecule has 0 N–H and O–H groups in total. The number of amides is 2. The number of hydrogen-bond donors (Lipinski definition) is 0. The second kappa shape index (κ2) is 11.3. The van der Waals surface area contributed by atoms with Gasteiger partial charge in [-0.05, 0) is 44.7 Å². The van der Waals surface area contributed by atoms with Crippen LogP contribution in [0.2, 0.25) is 0 Å². The number of rotatable bonds is 11. The van der Waals surface area contributed by atoms with Crippen molar-refractivity contribution in [2.24, 2.45) is 13.0 Å². The molecule has 0 saturated heterocycles. The predicted octanol–water partition coefficient (Wildman–Crippen LogP) is 4.36. The second-order valence-corrected chi connectivity index (χ2v) is 8.58. The first-order chi connectivity index (χ1) is 13.4. The summed E-state index contributed by atoms with van der Waals surface area (Å²) in [4.78, 5) is 29.6. The Labute approximate surface area is 171 Å². The van der Waals surface area contributed by atoms with E-state index in [9.17, 15) is 9.59 Å². The van der Waals surface area contributed by atoms with Crippen LogP contribution in [0.5, 0.6) is 0 Å². The van der Waals surface area contributed by atoms with Crippen LogP contribution < -0.4 is 0 Å². The van der Waals surface area contributed by atoms with Crippen LogP contribution in [0.3, 0.4) is 0 Å². The molecular formula is C23H39N3O2. The lowest BCUT2D eigenvalue weighted by atomic mass is 10.0. The first-order valence-electron chi connectivity index (χ1n) is 11.1. The molecule has 28 heavy (non-hydrogen) atoms. The largest absolute Gasteiger partial charge is 0.353 e. The van der Waals surface area contributed by atoms with Gasteiger partial charge in [0.2, 0.25) is 11.8 Å². The quantitative estimate of drug-likeness (QED) is 0.564. The standard InChI is InChI=1S/C23H39N3O2/c1-5-6-16-25(17-21-12-9-15-24(21)4)23(28)18-26(19(2)3)22(27)14-13-20-10-7-8-11-20/h9,12,15,19-20H,5-8,10-11,13-14,16-18H2,1-4H3. The summed E-state index contributed by atoms with van der Waals surface area (Å²) >= 11 is 0. The Morgan fingerprint density at radius 3 is 2.50 bits per heavy atom. The summed E-state index contributed by atoms with van der Waals surface area (Å²) in [6.07, 6.45) is 10.7. The number of carbonyl (C=O) groups excluding carboxylic acids is 2. The van der Waals surface area contributed by atoms with Crippen molar-refractivity contribution in [2.45, 2.75) is 84.7 Å². The Kier molecular flexibility index (Phi) is 9.07. The summed E-state index contributed by atoms with van der Waals surface area (Å²) in [7, 11) is 2.00. The van der Waals surface area contributed by atoms with Crippen molar-refractivity contribution in [3.63, 3.8) is 0 Å². The van der Waals surface area contributed by atoms with E-state index in [1.165, 1.54) is 25.7 Å². The second-order valence-electron chi connectivity index (χ2n) is 8.58. The van der Waals surface area contributed by atoms with E-state index in [1.807, 2.05) is 38.1 Å². The highest BCUT2D eigenvalue weighted by Gasteiger charge is 2.25. The molecule has 158 valence electrons. The SMILES string of the molecule is CCCCN(Cc1cccn1C)C(=O)CN(C(=O)CCC1CCCC1)C(C)C. The van der Waals surface area contributed by atoms with Gasteiger partial charge in [-0.15, -0.1) is 0 Å². The van der Waals surface area contributed by atoms with Gasteiger partial charge < -0.3 is 14.4 Å². The van der Waals surface area contributed by atoms with Crippen molar-refractivity contribution >= 4 is 11.8 Å². The lowest BCUT2D eigenvalue weighted by molar-refractivity contribution is -0.142. The molecule has 2 amide bonds. The molecule has 1 aliphatic carbocycles. The highest BCUT2D eigenvalue weighted by atomic mass is 16.2. The smallest absolute Gasteiger partial charge is 0.242 e. The normalized spacial score (nSPS) is 14.6. The molecule has 0 radical (unpaired) electrons. The predicted molar refractivity (Wildman–Crippen MR) is 114 cm³/mol. The van der Waals surface area contributed by atoms with Gasteiger partial charge >= 0.3 is 0 Å². The third-order valence-electron chi connectivity index (χ3n) is 6.03. The molecule has 0 atom stereocenters. The van der Waals surface area contributed by atoms with Gasteiger partial charge in [0, 0.05) is 37.9 Å². The van der Waals surface area contributed by atoms with Crippen LogP contribution in [0.15, 0.2) is 18.3 Å². The maximum atomic E-state index is 13.1. The van der Waals surface area contributed by atoms with Gasteiger partial charge in [-0.3, -0.25) is 9.59 Å². The van der Waals surface area contributed by atoms with Gasteiger partial charge in [-0.1, -0.05) is 39.0 Å². The summed E-state index contributed by atoms with van der Waals surface area (Å²) in [5, 5.41) is 0. The van der Waals surface area contributed by atoms with E-state index in [0.29, 0.717) is 18.9 Å². The summed E-state index contributed by atoms with van der Waals surface area (Å²) in [5.41, 5.74) is 1.12. The zero-order chi connectivity index (χ0) is 20.5. The molecule has 0 aliphatic heterocycles. The van der Waals surface area contributed by atoms with Gasteiger partial charge in [0.05, 0.1) is 13.1 Å². The first kappa shape index (κ1) is 22.5. The Morgan fingerprint density at radius 1 is 1.21 bits per heavy atom. The van der Waals surface area contributed by atoms with Gasteiger partial charge in [-0.25, -0.2) is 0 Å². The molecule has 0 spiro atoms. The minimum atomic E-state index is 0.0445. The molecular weight excluding hydrogens is 350 g/mol. The van der Waals surface area contributed by atoms with Crippen LogP contribution in [-0.2, 0) is 23.2 Å². The number of aryl methyl sites for hydroxylation is 1. The van der Waals surface area contributed by atoms with Gasteiger partial charge in [-0.2, -0.15) is 0 Å². The molecule has 1 aliphatic rings. The van der Waals surface area contributed by atoms with Crippen molar-refractivity contribution in [3.05, 3.63) is 24.0 Å². The zero-order valence-electron chi connectivity index (χ0n) is 18.3. The lowest BCUT2D eigenvalue weighted by Crippen LogP contribution is -2.46. The van der Waals surface area contributed by atoms with Gasteiger partial charge in [0.15, 0.2) is 0 Å². The maximum absolute atomic E-state index is 13.1. The van der Waals surface area contributed by atoms with Crippen LogP contribution in [0.1, 0.15) is 77.8 Å². The van der Waals surface area contributed by atoms with Gasteiger partial charge in [0.1, 0.15) is 0 Å². The molecule has 5 heteroatoms. The number of nitrogens with zero attached hydrogens (tertiary/aromatic N) is 3. The van der Waals surface area contributed by atoms with Crippen molar-refractivity contribution in [3.8, 4) is 0 Å². The van der Waals surface area contributed by atoms with E-state index in [0.717, 1.165) is 31.5 Å². The molecule has 1 fully saturated rings. The number of aromatic nitrogens is 1. The monoisotopic (exact) mass is 389 g/mol. The fraction of sp³-hybridized carbons (Fsp3) is 0.739. The van der Waals surface area contributed by atoms with E-state index in [1.54, 1.807) is 4.90 Å². The van der Waals surface area contributed by atoms with Crippen molar-refractivity contribution in [2.75, 3.05) is 13.1 Å². The number of carbonyl (C=O) groups is 2. The molecule has 0 bridgehead atoms. The highest BCUT2D eigenvalue weighted by Crippen LogP contribution is 2.28. The van der Waals surface area contributed by atoms with Crippen LogP contribution >= 0.6 is 0 Å². The van der Waals surface area contributed by atoms with Crippen LogP contribution in [0.4, 0.5) is 0 Å². The van der Waals surface area contributed by atoms with Gasteiger partial charge in [0.25, 0.3) is 0 Å². The van der Waals surface area contributed by atoms with E-state index >= 15 is 0 Å². The molecule has 0 aromatic carbocycles. The average Bonchev–Trinajstić information content (AvgIpc) is 3.32. The van der Waals surface area contributed by atoms with Crippen LogP contribution in [0.25, 0.3) is 0 Å². The summed E-state index contributed by atoms with van der Waals surface area (Å²) in [6.45, 7) is 7.68. The van der Waals surface area contributed by atoms with Crippen molar-refractivity contribution in [1.29, 1.82) is 0 Å². The molecule has 0 unspecified atom stereocenters. The van der Waals surface area contributed by atoms with Crippen molar-refractivity contribution in [1.82, 2.24) is 14.4 Å². The summed E-state index contributed by atoms with van der Waals surface area (Å²) in [6, 6.07) is 4.10. The molecule has 1 aromatic rings. The Bertz CT molecular complexity index is 617. The lowest BCUT2D eigenvalue weighted by Gasteiger charge is -2.30. The zero-order valence-corrected chi connectivity index (χ0v) is 18.3. The highest BCUT2D eigenvalue weighted by molar-refractivity contribution is 5.85. The minimum absolute atomic E-state index is 0.0445. The topological polar surface area (TPSA) is 45.6 Å². The van der Waals surface area contributed by atoms with Crippen molar-refractivity contribution < 1.29 is 9.59 Å². The third kappa shape index (κ3) is 6.68. The first-order valence-corrected chi connectivity index (χ1v) is 11.1. The average molecular weight is 390 g/mol. The molecule has 2 rings (SSSR count). The maximum Gasteiger partial charge on any atom is 0.242 e. The van der Waals surface area contributed by atoms with E-state index < -0.39 is 0 Å². The number of hydrogen-bond acceptors (Lipinski definition) is 2. The summed E-state index contributed by atoms with van der Waals surface area (Å²) in [5.74, 6) is 0.884. The van der Waals surface area contributed by atoms with E-state index in [4.69, 9.17) is 0 Å². The Morgan fingerprint density at radius 2 is 1.93 bits per heavy atom. The summed E-state index contributed by atoms with van der Waals surface area (Å²) < 4.78 is 2.05. The molecule has 1 heterocycles. The minimum Gasteiger partial charge on any atom is -0.353 e. The molecule has 1 saturated carbocycles. The number of unbranched alkanes of at least 4 members (excludes halogenated alkanes) is 1. The Balaban J connectivity index is 1.97. The fourth-order valence-electron chi connectivity index (χ4n) is 4.07.